The Balaban J connectivity index is 1.36. The van der Waals surface area contributed by atoms with Gasteiger partial charge in [-0.05, 0) is 79.6 Å². The number of fused-ring (bicyclic) bond motifs is 1. The Morgan fingerprint density at radius 1 is 0.878 bits per heavy atom. The van der Waals surface area contributed by atoms with E-state index in [9.17, 15) is 4.79 Å². The number of aromatic nitrogens is 5. The Labute approximate surface area is 241 Å². The van der Waals surface area contributed by atoms with Crippen LogP contribution in [0.2, 0.25) is 0 Å². The lowest BCUT2D eigenvalue weighted by Crippen LogP contribution is -2.23. The summed E-state index contributed by atoms with van der Waals surface area (Å²) in [4.78, 5) is 18.6. The summed E-state index contributed by atoms with van der Waals surface area (Å²) in [6, 6.07) is 25.3. The molecule has 8 nitrogen and oxygen atoms in total. The third-order valence-corrected chi connectivity index (χ3v) is 7.33. The van der Waals surface area contributed by atoms with Crippen LogP contribution in [0.25, 0.3) is 39.4 Å². The predicted molar refractivity (Wildman–Crippen MR) is 162 cm³/mol. The Morgan fingerprint density at radius 2 is 1.56 bits per heavy atom. The number of para-hydroxylation sites is 1. The van der Waals surface area contributed by atoms with Gasteiger partial charge in [0.05, 0.1) is 23.4 Å². The van der Waals surface area contributed by atoms with Crippen molar-refractivity contribution in [3.63, 3.8) is 0 Å². The molecule has 0 amide bonds. The molecular weight excluding hydrogens is 534 g/mol. The fraction of sp³-hybridized carbons (Fsp3) is 0.188. The third kappa shape index (κ3) is 5.62. The molecule has 6 rings (SSSR count). The van der Waals surface area contributed by atoms with E-state index in [1.54, 1.807) is 0 Å². The van der Waals surface area contributed by atoms with E-state index in [1.807, 2.05) is 103 Å². The molecule has 0 spiro atoms. The lowest BCUT2D eigenvalue weighted by molar-refractivity contribution is 0.271. The molecule has 0 radical (unpaired) electrons. The van der Waals surface area contributed by atoms with E-state index in [-0.39, 0.29) is 5.56 Å². The van der Waals surface area contributed by atoms with Gasteiger partial charge in [-0.25, -0.2) is 4.68 Å². The molecule has 3 aromatic carbocycles. The van der Waals surface area contributed by atoms with Crippen LogP contribution in [0.1, 0.15) is 26.3 Å². The Kier molecular flexibility index (Phi) is 7.35. The minimum Gasteiger partial charge on any atom is -0.494 e. The van der Waals surface area contributed by atoms with Gasteiger partial charge in [-0.1, -0.05) is 43.4 Å². The van der Waals surface area contributed by atoms with Crippen LogP contribution in [0, 0.1) is 5.92 Å². The second kappa shape index (κ2) is 11.4. The van der Waals surface area contributed by atoms with Crippen LogP contribution >= 0.6 is 11.3 Å². The average molecular weight is 564 g/mol. The molecule has 0 saturated heterocycles. The van der Waals surface area contributed by atoms with Crippen LogP contribution in [0.15, 0.2) is 89.9 Å². The predicted octanol–water partition coefficient (Wildman–Crippen LogP) is 5.65. The molecule has 0 fully saturated rings. The summed E-state index contributed by atoms with van der Waals surface area (Å²) in [5.41, 5.74) is 4.03. The van der Waals surface area contributed by atoms with Crippen molar-refractivity contribution in [2.45, 2.75) is 20.8 Å². The minimum atomic E-state index is -0.217. The first-order chi connectivity index (χ1) is 20.0. The molecule has 9 heteroatoms. The summed E-state index contributed by atoms with van der Waals surface area (Å²) >= 11 is 1.31. The summed E-state index contributed by atoms with van der Waals surface area (Å²) < 4.78 is 15.1. The van der Waals surface area contributed by atoms with Gasteiger partial charge in [0.1, 0.15) is 17.2 Å². The van der Waals surface area contributed by atoms with Crippen LogP contribution in [0.3, 0.4) is 0 Å². The monoisotopic (exact) mass is 563 g/mol. The fourth-order valence-electron chi connectivity index (χ4n) is 4.37. The highest BCUT2D eigenvalue weighted by atomic mass is 32.1. The highest BCUT2D eigenvalue weighted by Crippen LogP contribution is 2.27. The number of nitrogens with zero attached hydrogens (tertiary/aromatic N) is 5. The van der Waals surface area contributed by atoms with Gasteiger partial charge in [-0.2, -0.15) is 14.6 Å². The van der Waals surface area contributed by atoms with Gasteiger partial charge in [0, 0.05) is 22.9 Å². The van der Waals surface area contributed by atoms with E-state index >= 15 is 0 Å². The van der Waals surface area contributed by atoms with E-state index in [2.05, 4.69) is 23.9 Å². The molecule has 3 heterocycles. The first-order valence-electron chi connectivity index (χ1n) is 13.5. The molecule has 0 saturated carbocycles. The summed E-state index contributed by atoms with van der Waals surface area (Å²) in [5, 5.41) is 9.39. The highest BCUT2D eigenvalue weighted by molar-refractivity contribution is 7.15. The topological polar surface area (TPSA) is 83.5 Å². The first-order valence-corrected chi connectivity index (χ1v) is 14.3. The van der Waals surface area contributed by atoms with Crippen LogP contribution in [0.5, 0.6) is 11.5 Å². The van der Waals surface area contributed by atoms with Crippen molar-refractivity contribution < 1.29 is 9.47 Å². The molecule has 0 atom stereocenters. The van der Waals surface area contributed by atoms with Crippen LogP contribution in [0.4, 0.5) is 0 Å². The number of thiazole rings is 1. The minimum absolute atomic E-state index is 0.217. The second-order valence-electron chi connectivity index (χ2n) is 9.95. The van der Waals surface area contributed by atoms with E-state index in [0.29, 0.717) is 34.4 Å². The molecule has 0 aliphatic carbocycles. The lowest BCUT2D eigenvalue weighted by atomic mass is 10.1. The quantitative estimate of drug-likeness (QED) is 0.226. The third-order valence-electron chi connectivity index (χ3n) is 6.37. The molecule has 0 bridgehead atoms. The van der Waals surface area contributed by atoms with Gasteiger partial charge in [0.2, 0.25) is 4.96 Å². The van der Waals surface area contributed by atoms with Crippen molar-refractivity contribution in [1.82, 2.24) is 24.4 Å². The largest absolute Gasteiger partial charge is 0.494 e. The van der Waals surface area contributed by atoms with Crippen molar-refractivity contribution in [1.29, 1.82) is 0 Å². The van der Waals surface area contributed by atoms with E-state index in [4.69, 9.17) is 14.6 Å². The Hall–Kier alpha value is -4.76. The molecular formula is C32H29N5O3S. The lowest BCUT2D eigenvalue weighted by Gasteiger charge is -2.08. The summed E-state index contributed by atoms with van der Waals surface area (Å²) in [6.07, 6.45) is 3.80. The van der Waals surface area contributed by atoms with Crippen molar-refractivity contribution >= 4 is 22.4 Å². The summed E-state index contributed by atoms with van der Waals surface area (Å²) in [5.74, 6) is 2.54. The SMILES string of the molecule is CCOc1ccc(-c2nn(-c3ccccc3)cc2C=c2sc3nc(-c4ccc(OCC(C)C)cc4)nn3c2=O)cc1. The number of benzene rings is 3. The standard InChI is InChI=1S/C32H29N5O3S/c1-4-39-26-14-10-22(11-15-26)29-24(19-36(34-29)25-8-6-5-7-9-25)18-28-31(38)37-32(41-28)33-30(35-37)23-12-16-27(17-13-23)40-20-21(2)3/h5-19,21H,4,20H2,1-3H3. The Morgan fingerprint density at radius 3 is 2.22 bits per heavy atom. The van der Waals surface area contributed by atoms with Gasteiger partial charge < -0.3 is 9.47 Å². The second-order valence-corrected chi connectivity index (χ2v) is 11.0. The van der Waals surface area contributed by atoms with E-state index in [0.717, 1.165) is 39.6 Å². The maximum Gasteiger partial charge on any atom is 0.291 e. The van der Waals surface area contributed by atoms with Gasteiger partial charge >= 0.3 is 0 Å². The number of hydrogen-bond acceptors (Lipinski definition) is 7. The molecule has 6 aromatic rings. The molecule has 0 N–H and O–H groups in total. The number of hydrogen-bond donors (Lipinski definition) is 0. The summed E-state index contributed by atoms with van der Waals surface area (Å²) in [7, 11) is 0. The van der Waals surface area contributed by atoms with E-state index < -0.39 is 0 Å². The molecule has 3 aromatic heterocycles. The normalized spacial score (nSPS) is 12.0. The average Bonchev–Trinajstić information content (AvgIpc) is 3.68. The zero-order chi connectivity index (χ0) is 28.3. The van der Waals surface area contributed by atoms with E-state index in [1.165, 1.54) is 15.9 Å². The number of ether oxygens (including phenoxy) is 2. The van der Waals surface area contributed by atoms with Crippen LogP contribution < -0.4 is 19.6 Å². The molecule has 206 valence electrons. The van der Waals surface area contributed by atoms with Crippen molar-refractivity contribution in [3.05, 3.63) is 106 Å². The van der Waals surface area contributed by atoms with Crippen molar-refractivity contribution in [2.75, 3.05) is 13.2 Å². The fourth-order valence-corrected chi connectivity index (χ4v) is 5.27. The molecule has 0 unspecified atom stereocenters. The van der Waals surface area contributed by atoms with Crippen LogP contribution in [-0.4, -0.2) is 37.6 Å². The van der Waals surface area contributed by atoms with Gasteiger partial charge in [0.25, 0.3) is 5.56 Å². The van der Waals surface area contributed by atoms with Crippen molar-refractivity contribution in [3.8, 4) is 39.8 Å². The molecule has 41 heavy (non-hydrogen) atoms. The smallest absolute Gasteiger partial charge is 0.291 e. The Bertz CT molecular complexity index is 1890. The van der Waals surface area contributed by atoms with Crippen LogP contribution in [-0.2, 0) is 0 Å². The highest BCUT2D eigenvalue weighted by Gasteiger charge is 2.15. The van der Waals surface area contributed by atoms with Gasteiger partial charge in [0.15, 0.2) is 5.82 Å². The van der Waals surface area contributed by atoms with Gasteiger partial charge in [-0.3, -0.25) is 4.79 Å². The maximum absolute atomic E-state index is 13.4. The molecule has 0 aliphatic heterocycles. The zero-order valence-electron chi connectivity index (χ0n) is 23.0. The van der Waals surface area contributed by atoms with Gasteiger partial charge in [-0.15, -0.1) is 5.10 Å². The first kappa shape index (κ1) is 26.5. The zero-order valence-corrected chi connectivity index (χ0v) is 23.8. The molecule has 0 aliphatic rings. The summed E-state index contributed by atoms with van der Waals surface area (Å²) in [6.45, 7) is 7.43. The maximum atomic E-state index is 13.4. The number of rotatable bonds is 9. The van der Waals surface area contributed by atoms with Crippen molar-refractivity contribution in [2.24, 2.45) is 5.92 Å².